The van der Waals surface area contributed by atoms with Crippen molar-refractivity contribution in [2.24, 2.45) is 0 Å². The van der Waals surface area contributed by atoms with Crippen LogP contribution in [0, 0.1) is 17.0 Å². The van der Waals surface area contributed by atoms with Gasteiger partial charge < -0.3 is 10.0 Å². The van der Waals surface area contributed by atoms with E-state index < -0.39 is 10.9 Å². The van der Waals surface area contributed by atoms with Gasteiger partial charge in [-0.1, -0.05) is 0 Å². The Morgan fingerprint density at radius 3 is 2.95 bits per heavy atom. The number of thioether (sulfide) groups is 1. The Hall–Kier alpha value is -1.76. The third kappa shape index (κ3) is 3.41. The van der Waals surface area contributed by atoms with Gasteiger partial charge in [0.1, 0.15) is 0 Å². The number of hydrogen-bond acceptors (Lipinski definition) is 5. The van der Waals surface area contributed by atoms with Crippen LogP contribution in [0.2, 0.25) is 0 Å². The molecule has 1 N–H and O–H groups in total. The number of hydrogen-bond donors (Lipinski definition) is 1. The zero-order valence-electron chi connectivity index (χ0n) is 11.1. The van der Waals surface area contributed by atoms with Gasteiger partial charge in [0.2, 0.25) is 0 Å². The largest absolute Gasteiger partial charge is 0.481 e. The van der Waals surface area contributed by atoms with Crippen LogP contribution in [-0.2, 0) is 4.79 Å². The highest BCUT2D eigenvalue weighted by Crippen LogP contribution is 2.29. The Bertz CT molecular complexity index is 535. The van der Waals surface area contributed by atoms with Gasteiger partial charge in [0.15, 0.2) is 0 Å². The summed E-state index contributed by atoms with van der Waals surface area (Å²) in [5.74, 6) is 0.788. The number of nitro benzene ring substituents is 1. The smallest absolute Gasteiger partial charge is 0.305 e. The van der Waals surface area contributed by atoms with E-state index in [4.69, 9.17) is 5.11 Å². The minimum atomic E-state index is -0.843. The predicted molar refractivity (Wildman–Crippen MR) is 78.5 cm³/mol. The van der Waals surface area contributed by atoms with Gasteiger partial charge >= 0.3 is 5.97 Å². The molecule has 0 amide bonds. The molecule has 0 bridgehead atoms. The fourth-order valence-electron chi connectivity index (χ4n) is 2.38. The molecule has 20 heavy (non-hydrogen) atoms. The lowest BCUT2D eigenvalue weighted by Crippen LogP contribution is -2.43. The van der Waals surface area contributed by atoms with Crippen LogP contribution in [0.15, 0.2) is 18.2 Å². The fourth-order valence-corrected chi connectivity index (χ4v) is 3.44. The van der Waals surface area contributed by atoms with Crippen LogP contribution in [0.5, 0.6) is 0 Å². The molecule has 1 fully saturated rings. The topological polar surface area (TPSA) is 83.7 Å². The van der Waals surface area contributed by atoms with Gasteiger partial charge in [-0.3, -0.25) is 14.9 Å². The van der Waals surface area contributed by atoms with Gasteiger partial charge in [0.25, 0.3) is 5.69 Å². The molecule has 1 aliphatic heterocycles. The highest BCUT2D eigenvalue weighted by molar-refractivity contribution is 7.99. The molecule has 1 unspecified atom stereocenters. The number of carbonyl (C=O) groups is 1. The first-order valence-corrected chi connectivity index (χ1v) is 7.45. The highest BCUT2D eigenvalue weighted by atomic mass is 32.2. The van der Waals surface area contributed by atoms with Gasteiger partial charge in [-0.15, -0.1) is 0 Å². The molecule has 0 aromatic heterocycles. The first-order valence-electron chi connectivity index (χ1n) is 6.29. The summed E-state index contributed by atoms with van der Waals surface area (Å²) in [4.78, 5) is 23.4. The van der Waals surface area contributed by atoms with Crippen molar-refractivity contribution in [2.45, 2.75) is 19.4 Å². The van der Waals surface area contributed by atoms with E-state index in [0.717, 1.165) is 22.8 Å². The quantitative estimate of drug-likeness (QED) is 0.678. The van der Waals surface area contributed by atoms with Gasteiger partial charge in [0, 0.05) is 41.9 Å². The molecule has 1 aromatic rings. The van der Waals surface area contributed by atoms with E-state index in [0.29, 0.717) is 6.54 Å². The van der Waals surface area contributed by atoms with Crippen LogP contribution in [0.3, 0.4) is 0 Å². The lowest BCUT2D eigenvalue weighted by Gasteiger charge is -2.36. The number of nitrogens with zero attached hydrogens (tertiary/aromatic N) is 2. The average Bonchev–Trinajstić information content (AvgIpc) is 2.37. The molecule has 0 radical (unpaired) electrons. The van der Waals surface area contributed by atoms with E-state index in [2.05, 4.69) is 0 Å². The Morgan fingerprint density at radius 1 is 1.55 bits per heavy atom. The average molecular weight is 296 g/mol. The normalized spacial score (nSPS) is 18.9. The molecule has 0 saturated carbocycles. The summed E-state index contributed by atoms with van der Waals surface area (Å²) in [7, 11) is 0. The second-order valence-corrected chi connectivity index (χ2v) is 5.95. The molecule has 7 heteroatoms. The molecular formula is C13H16N2O4S. The zero-order valence-corrected chi connectivity index (χ0v) is 11.9. The summed E-state index contributed by atoms with van der Waals surface area (Å²) < 4.78 is 0. The molecule has 1 atom stereocenters. The molecule has 108 valence electrons. The van der Waals surface area contributed by atoms with E-state index in [9.17, 15) is 14.9 Å². The Balaban J connectivity index is 2.31. The van der Waals surface area contributed by atoms with Gasteiger partial charge in [-0.05, 0) is 18.6 Å². The lowest BCUT2D eigenvalue weighted by molar-refractivity contribution is -0.384. The van der Waals surface area contributed by atoms with E-state index >= 15 is 0 Å². The lowest BCUT2D eigenvalue weighted by atomic mass is 10.1. The molecule has 1 heterocycles. The second-order valence-electron chi connectivity index (χ2n) is 4.80. The van der Waals surface area contributed by atoms with Crippen molar-refractivity contribution in [2.75, 3.05) is 23.0 Å². The van der Waals surface area contributed by atoms with Crippen LogP contribution in [0.1, 0.15) is 12.0 Å². The minimum Gasteiger partial charge on any atom is -0.481 e. The maximum atomic E-state index is 10.9. The van der Waals surface area contributed by atoms with E-state index in [1.807, 2.05) is 11.0 Å². The molecular weight excluding hydrogens is 280 g/mol. The maximum absolute atomic E-state index is 10.9. The van der Waals surface area contributed by atoms with Gasteiger partial charge in [-0.25, -0.2) is 0 Å². The van der Waals surface area contributed by atoms with Gasteiger partial charge in [0.05, 0.1) is 11.3 Å². The van der Waals surface area contributed by atoms with Crippen molar-refractivity contribution in [3.05, 3.63) is 33.9 Å². The Morgan fingerprint density at radius 2 is 2.30 bits per heavy atom. The SMILES string of the molecule is Cc1cc(N2CCSCC2CC(=O)O)cc([N+](=O)[O-])c1. The van der Waals surface area contributed by atoms with Crippen molar-refractivity contribution in [1.82, 2.24) is 0 Å². The third-order valence-electron chi connectivity index (χ3n) is 3.23. The molecule has 0 spiro atoms. The standard InChI is InChI=1S/C13H16N2O4S/c1-9-4-10(6-11(5-9)15(18)19)14-2-3-20-8-12(14)7-13(16)17/h4-6,12H,2-3,7-8H2,1H3,(H,16,17). The van der Waals surface area contributed by atoms with Crippen LogP contribution in [0.25, 0.3) is 0 Å². The fraction of sp³-hybridized carbons (Fsp3) is 0.462. The van der Waals surface area contributed by atoms with Crippen molar-refractivity contribution in [3.63, 3.8) is 0 Å². The molecule has 6 nitrogen and oxygen atoms in total. The summed E-state index contributed by atoms with van der Waals surface area (Å²) in [6.45, 7) is 2.52. The highest BCUT2D eigenvalue weighted by Gasteiger charge is 2.26. The maximum Gasteiger partial charge on any atom is 0.305 e. The van der Waals surface area contributed by atoms with E-state index in [1.54, 1.807) is 18.7 Å². The second kappa shape index (κ2) is 6.13. The number of nitro groups is 1. The van der Waals surface area contributed by atoms with Crippen LogP contribution in [-0.4, -0.2) is 40.1 Å². The van der Waals surface area contributed by atoms with Crippen molar-refractivity contribution in [3.8, 4) is 0 Å². The molecule has 2 rings (SSSR count). The Labute approximate surface area is 120 Å². The van der Waals surface area contributed by atoms with Crippen LogP contribution < -0.4 is 4.90 Å². The number of non-ortho nitro benzene ring substituents is 1. The molecule has 1 aromatic carbocycles. The molecule has 0 aliphatic carbocycles. The number of rotatable bonds is 4. The number of anilines is 1. The zero-order chi connectivity index (χ0) is 14.7. The van der Waals surface area contributed by atoms with Crippen LogP contribution in [0.4, 0.5) is 11.4 Å². The van der Waals surface area contributed by atoms with Crippen molar-refractivity contribution in [1.29, 1.82) is 0 Å². The summed E-state index contributed by atoms with van der Waals surface area (Å²) in [6, 6.07) is 4.80. The summed E-state index contributed by atoms with van der Waals surface area (Å²) in [5.41, 5.74) is 1.59. The first-order chi connectivity index (χ1) is 9.47. The third-order valence-corrected chi connectivity index (χ3v) is 4.32. The number of aliphatic carboxylic acids is 1. The minimum absolute atomic E-state index is 0.0484. The van der Waals surface area contributed by atoms with Crippen LogP contribution >= 0.6 is 11.8 Å². The monoisotopic (exact) mass is 296 g/mol. The number of aryl methyl sites for hydroxylation is 1. The molecule has 1 aliphatic rings. The predicted octanol–water partition coefficient (Wildman–Crippen LogP) is 2.30. The van der Waals surface area contributed by atoms with Crippen molar-refractivity contribution < 1.29 is 14.8 Å². The summed E-state index contributed by atoms with van der Waals surface area (Å²) >= 11 is 1.72. The van der Waals surface area contributed by atoms with Crippen molar-refractivity contribution >= 4 is 29.1 Å². The Kier molecular flexibility index (Phi) is 4.49. The summed E-state index contributed by atoms with van der Waals surface area (Å²) in [6.07, 6.45) is 0.0503. The number of carboxylic acid groups (broad SMARTS) is 1. The van der Waals surface area contributed by atoms with E-state index in [-0.39, 0.29) is 18.2 Å². The molecule has 1 saturated heterocycles. The summed E-state index contributed by atoms with van der Waals surface area (Å²) in [5, 5.41) is 19.9. The number of benzene rings is 1. The van der Waals surface area contributed by atoms with E-state index in [1.165, 1.54) is 12.1 Å². The first kappa shape index (κ1) is 14.6. The van der Waals surface area contributed by atoms with Gasteiger partial charge in [-0.2, -0.15) is 11.8 Å². The number of carboxylic acids is 1.